The van der Waals surface area contributed by atoms with Gasteiger partial charge in [-0.15, -0.1) is 10.2 Å². The molecule has 1 aromatic heterocycles. The second kappa shape index (κ2) is 7.28. The standard InChI is InChI=1S/C13H16N4O2S2/c1-8(2)19-10-6-4-3-5-9(10)15-11(18)7-20-13-17-16-12(14)21-13/h3-6,8H,7H2,1-2H3,(H2,14,16)(H,15,18). The Kier molecular flexibility index (Phi) is 5.40. The Labute approximate surface area is 131 Å². The summed E-state index contributed by atoms with van der Waals surface area (Å²) in [4.78, 5) is 12.0. The van der Waals surface area contributed by atoms with Gasteiger partial charge in [0.2, 0.25) is 11.0 Å². The lowest BCUT2D eigenvalue weighted by molar-refractivity contribution is -0.113. The number of rotatable bonds is 6. The molecule has 21 heavy (non-hydrogen) atoms. The van der Waals surface area contributed by atoms with Gasteiger partial charge in [0.05, 0.1) is 17.5 Å². The number of amides is 1. The number of ether oxygens (including phenoxy) is 1. The lowest BCUT2D eigenvalue weighted by Crippen LogP contribution is -2.16. The number of para-hydroxylation sites is 2. The van der Waals surface area contributed by atoms with Crippen molar-refractivity contribution in [3.05, 3.63) is 24.3 Å². The highest BCUT2D eigenvalue weighted by Crippen LogP contribution is 2.26. The summed E-state index contributed by atoms with van der Waals surface area (Å²) >= 11 is 2.56. The van der Waals surface area contributed by atoms with Crippen LogP contribution in [0.2, 0.25) is 0 Å². The molecule has 0 bridgehead atoms. The molecule has 8 heteroatoms. The summed E-state index contributed by atoms with van der Waals surface area (Å²) in [7, 11) is 0. The summed E-state index contributed by atoms with van der Waals surface area (Å²) < 4.78 is 6.33. The lowest BCUT2D eigenvalue weighted by atomic mass is 10.3. The van der Waals surface area contributed by atoms with Crippen LogP contribution in [0, 0.1) is 0 Å². The van der Waals surface area contributed by atoms with Crippen LogP contribution in [0.25, 0.3) is 0 Å². The Bertz CT molecular complexity index is 616. The van der Waals surface area contributed by atoms with E-state index in [-0.39, 0.29) is 17.8 Å². The lowest BCUT2D eigenvalue weighted by Gasteiger charge is -2.14. The maximum atomic E-state index is 12.0. The number of aromatic nitrogens is 2. The van der Waals surface area contributed by atoms with Gasteiger partial charge >= 0.3 is 0 Å². The number of thioether (sulfide) groups is 1. The Balaban J connectivity index is 1.93. The fraction of sp³-hybridized carbons (Fsp3) is 0.308. The number of nitrogens with zero attached hydrogens (tertiary/aromatic N) is 2. The molecule has 0 unspecified atom stereocenters. The second-order valence-corrected chi connectivity index (χ2v) is 6.64. The number of carbonyl (C=O) groups is 1. The summed E-state index contributed by atoms with van der Waals surface area (Å²) in [6.45, 7) is 3.88. The predicted octanol–water partition coefficient (Wildman–Crippen LogP) is 2.64. The van der Waals surface area contributed by atoms with Gasteiger partial charge in [0.25, 0.3) is 0 Å². The summed E-state index contributed by atoms with van der Waals surface area (Å²) in [6, 6.07) is 7.35. The minimum atomic E-state index is -0.131. The largest absolute Gasteiger partial charge is 0.489 e. The zero-order valence-corrected chi connectivity index (χ0v) is 13.3. The molecule has 3 N–H and O–H groups in total. The van der Waals surface area contributed by atoms with Crippen molar-refractivity contribution >= 4 is 39.8 Å². The molecule has 6 nitrogen and oxygen atoms in total. The monoisotopic (exact) mass is 324 g/mol. The van der Waals surface area contributed by atoms with Gasteiger partial charge in [0.15, 0.2) is 4.34 Å². The second-order valence-electron chi connectivity index (χ2n) is 4.41. The highest BCUT2D eigenvalue weighted by molar-refractivity contribution is 8.01. The average Bonchev–Trinajstić information content (AvgIpc) is 2.84. The number of nitrogens with two attached hydrogens (primary N) is 1. The van der Waals surface area contributed by atoms with Gasteiger partial charge in [-0.05, 0) is 26.0 Å². The van der Waals surface area contributed by atoms with Crippen molar-refractivity contribution in [2.45, 2.75) is 24.3 Å². The number of nitrogen functional groups attached to an aromatic ring is 1. The molecule has 112 valence electrons. The molecule has 2 rings (SSSR count). The Morgan fingerprint density at radius 2 is 2.19 bits per heavy atom. The van der Waals surface area contributed by atoms with E-state index in [0.717, 1.165) is 0 Å². The third-order valence-electron chi connectivity index (χ3n) is 2.27. The number of hydrogen-bond acceptors (Lipinski definition) is 7. The first kappa shape index (κ1) is 15.6. The van der Waals surface area contributed by atoms with Crippen molar-refractivity contribution in [3.63, 3.8) is 0 Å². The van der Waals surface area contributed by atoms with E-state index in [1.165, 1.54) is 23.1 Å². The van der Waals surface area contributed by atoms with Gasteiger partial charge in [-0.25, -0.2) is 0 Å². The summed E-state index contributed by atoms with van der Waals surface area (Å²) in [6.07, 6.45) is 0.0433. The molecule has 0 aliphatic heterocycles. The van der Waals surface area contributed by atoms with Crippen LogP contribution in [0.1, 0.15) is 13.8 Å². The molecule has 0 aliphatic carbocycles. The van der Waals surface area contributed by atoms with Crippen molar-refractivity contribution in [2.24, 2.45) is 0 Å². The van der Waals surface area contributed by atoms with Gasteiger partial charge in [0.1, 0.15) is 5.75 Å². The molecule has 0 spiro atoms. The van der Waals surface area contributed by atoms with Crippen molar-refractivity contribution in [2.75, 3.05) is 16.8 Å². The smallest absolute Gasteiger partial charge is 0.234 e. The van der Waals surface area contributed by atoms with Crippen molar-refractivity contribution < 1.29 is 9.53 Å². The van der Waals surface area contributed by atoms with Gasteiger partial charge in [0, 0.05) is 0 Å². The van der Waals surface area contributed by atoms with Gasteiger partial charge in [-0.3, -0.25) is 4.79 Å². The average molecular weight is 324 g/mol. The molecule has 1 heterocycles. The van der Waals surface area contributed by atoms with E-state index in [4.69, 9.17) is 10.5 Å². The third-order valence-corrected chi connectivity index (χ3v) is 4.16. The molecule has 1 amide bonds. The minimum Gasteiger partial charge on any atom is -0.489 e. The summed E-state index contributed by atoms with van der Waals surface area (Å²) in [5, 5.41) is 10.8. The maximum Gasteiger partial charge on any atom is 0.234 e. The van der Waals surface area contributed by atoms with Crippen LogP contribution < -0.4 is 15.8 Å². The zero-order chi connectivity index (χ0) is 15.2. The highest BCUT2D eigenvalue weighted by atomic mass is 32.2. The number of nitrogens with one attached hydrogen (secondary N) is 1. The van der Waals surface area contributed by atoms with Crippen LogP contribution in [0.5, 0.6) is 5.75 Å². The summed E-state index contributed by atoms with van der Waals surface area (Å²) in [5.41, 5.74) is 6.15. The van der Waals surface area contributed by atoms with Crippen molar-refractivity contribution in [1.82, 2.24) is 10.2 Å². The molecule has 0 atom stereocenters. The van der Waals surface area contributed by atoms with Crippen LogP contribution in [-0.2, 0) is 4.79 Å². The number of carbonyl (C=O) groups excluding carboxylic acids is 1. The molecular formula is C13H16N4O2S2. The van der Waals surface area contributed by atoms with Gasteiger partial charge in [-0.2, -0.15) is 0 Å². The molecule has 0 saturated carbocycles. The van der Waals surface area contributed by atoms with E-state index >= 15 is 0 Å². The van der Waals surface area contributed by atoms with Crippen LogP contribution in [0.4, 0.5) is 10.8 Å². The zero-order valence-electron chi connectivity index (χ0n) is 11.7. The van der Waals surface area contributed by atoms with E-state index in [1.807, 2.05) is 38.1 Å². The molecule has 2 aromatic rings. The predicted molar refractivity (Wildman–Crippen MR) is 85.9 cm³/mol. The molecule has 0 aliphatic rings. The number of anilines is 2. The third kappa shape index (κ3) is 4.91. The SMILES string of the molecule is CC(C)Oc1ccccc1NC(=O)CSc1nnc(N)s1. The van der Waals surface area contributed by atoms with Crippen LogP contribution in [-0.4, -0.2) is 28.0 Å². The van der Waals surface area contributed by atoms with Gasteiger partial charge < -0.3 is 15.8 Å². The highest BCUT2D eigenvalue weighted by Gasteiger charge is 2.10. The molecular weight excluding hydrogens is 308 g/mol. The Morgan fingerprint density at radius 1 is 1.43 bits per heavy atom. The van der Waals surface area contributed by atoms with Gasteiger partial charge in [-0.1, -0.05) is 35.2 Å². The maximum absolute atomic E-state index is 12.0. The Hall–Kier alpha value is -1.80. The van der Waals surface area contributed by atoms with Crippen molar-refractivity contribution in [3.8, 4) is 5.75 Å². The van der Waals surface area contributed by atoms with Crippen LogP contribution in [0.3, 0.4) is 0 Å². The van der Waals surface area contributed by atoms with E-state index in [2.05, 4.69) is 15.5 Å². The van der Waals surface area contributed by atoms with E-state index in [1.54, 1.807) is 0 Å². The van der Waals surface area contributed by atoms with Crippen LogP contribution >= 0.6 is 23.1 Å². The minimum absolute atomic E-state index is 0.0433. The first-order valence-corrected chi connectivity index (χ1v) is 8.12. The summed E-state index contributed by atoms with van der Waals surface area (Å²) in [5.74, 6) is 0.768. The first-order chi connectivity index (χ1) is 10.0. The van der Waals surface area contributed by atoms with E-state index in [0.29, 0.717) is 20.9 Å². The molecule has 0 saturated heterocycles. The Morgan fingerprint density at radius 3 is 2.86 bits per heavy atom. The van der Waals surface area contributed by atoms with E-state index in [9.17, 15) is 4.79 Å². The number of benzene rings is 1. The molecule has 0 radical (unpaired) electrons. The molecule has 0 fully saturated rings. The topological polar surface area (TPSA) is 90.1 Å². The first-order valence-electron chi connectivity index (χ1n) is 6.32. The molecule has 1 aromatic carbocycles. The van der Waals surface area contributed by atoms with Crippen molar-refractivity contribution in [1.29, 1.82) is 0 Å². The van der Waals surface area contributed by atoms with E-state index < -0.39 is 0 Å². The fourth-order valence-corrected chi connectivity index (χ4v) is 2.96. The quantitative estimate of drug-likeness (QED) is 0.794. The number of hydrogen-bond donors (Lipinski definition) is 2. The van der Waals surface area contributed by atoms with Crippen LogP contribution in [0.15, 0.2) is 28.6 Å². The normalized spacial score (nSPS) is 10.6. The fourth-order valence-electron chi connectivity index (χ4n) is 1.52.